The van der Waals surface area contributed by atoms with Gasteiger partial charge in [-0.1, -0.05) is 12.1 Å². The molecule has 0 aliphatic carbocycles. The average molecular weight is 328 g/mol. The van der Waals surface area contributed by atoms with Gasteiger partial charge in [0.1, 0.15) is 18.0 Å². The normalized spacial score (nSPS) is 18.9. The molecule has 7 heteroatoms. The third-order valence-electron chi connectivity index (χ3n) is 4.47. The highest BCUT2D eigenvalue weighted by Gasteiger charge is 2.25. The molecule has 4 rings (SSSR count). The molecule has 1 aromatic carbocycles. The maximum absolute atomic E-state index is 9.48. The van der Waals surface area contributed by atoms with Crippen LogP contribution in [0, 0.1) is 0 Å². The Morgan fingerprint density at radius 2 is 2.25 bits per heavy atom. The maximum Gasteiger partial charge on any atom is 0.231 e. The molecule has 1 unspecified atom stereocenters. The molecule has 3 heterocycles. The third-order valence-corrected chi connectivity index (χ3v) is 4.47. The maximum atomic E-state index is 9.48. The van der Waals surface area contributed by atoms with Gasteiger partial charge in [0.15, 0.2) is 11.5 Å². The van der Waals surface area contributed by atoms with Crippen molar-refractivity contribution in [2.24, 2.45) is 0 Å². The largest absolute Gasteiger partial charge is 0.454 e. The first kappa shape index (κ1) is 15.0. The predicted octanol–water partition coefficient (Wildman–Crippen LogP) is 1.78. The molecular weight excluding hydrogens is 308 g/mol. The summed E-state index contributed by atoms with van der Waals surface area (Å²) in [6.45, 7) is 1.92. The number of hydrogen-bond acceptors (Lipinski definition) is 7. The summed E-state index contributed by atoms with van der Waals surface area (Å²) in [5.74, 6) is 3.17. The second kappa shape index (κ2) is 6.52. The van der Waals surface area contributed by atoms with Gasteiger partial charge in [-0.25, -0.2) is 9.97 Å². The molecule has 0 radical (unpaired) electrons. The monoisotopic (exact) mass is 328 g/mol. The molecule has 0 spiro atoms. The van der Waals surface area contributed by atoms with Gasteiger partial charge < -0.3 is 24.8 Å². The van der Waals surface area contributed by atoms with E-state index < -0.39 is 0 Å². The Hall–Kier alpha value is -2.54. The van der Waals surface area contributed by atoms with E-state index in [1.165, 1.54) is 0 Å². The number of nitrogens with one attached hydrogen (secondary N) is 1. The van der Waals surface area contributed by atoms with E-state index >= 15 is 0 Å². The Kier molecular flexibility index (Phi) is 4.08. The Labute approximate surface area is 140 Å². The Balaban J connectivity index is 1.48. The van der Waals surface area contributed by atoms with Crippen molar-refractivity contribution >= 4 is 11.6 Å². The van der Waals surface area contributed by atoms with E-state index in [1.54, 1.807) is 6.33 Å². The Bertz CT molecular complexity index is 725. The van der Waals surface area contributed by atoms with Gasteiger partial charge in [0.05, 0.1) is 12.6 Å². The number of aromatic nitrogens is 2. The number of hydrogen-bond donors (Lipinski definition) is 2. The highest BCUT2D eigenvalue weighted by Crippen LogP contribution is 2.35. The van der Waals surface area contributed by atoms with Crippen LogP contribution >= 0.6 is 0 Å². The third kappa shape index (κ3) is 2.82. The summed E-state index contributed by atoms with van der Waals surface area (Å²) >= 11 is 0. The summed E-state index contributed by atoms with van der Waals surface area (Å²) in [5, 5.41) is 12.8. The molecule has 7 nitrogen and oxygen atoms in total. The highest BCUT2D eigenvalue weighted by molar-refractivity contribution is 5.52. The van der Waals surface area contributed by atoms with Gasteiger partial charge in [0, 0.05) is 24.7 Å². The molecule has 2 aliphatic rings. The molecule has 1 aromatic heterocycles. The van der Waals surface area contributed by atoms with Crippen LogP contribution in [0.5, 0.6) is 11.5 Å². The van der Waals surface area contributed by atoms with Crippen LogP contribution in [0.4, 0.5) is 11.6 Å². The summed E-state index contributed by atoms with van der Waals surface area (Å²) in [6, 6.07) is 7.93. The standard InChI is InChI=1S/C17H20N4O3/c22-9-13-4-2-6-21(13)16-7-15(19-10-20-16)18-8-12-3-1-5-14-17(12)24-11-23-14/h1,3,5,7,10,13,22H,2,4,6,8-9,11H2,(H,18,19,20). The number of para-hydroxylation sites is 1. The van der Waals surface area contributed by atoms with Crippen LogP contribution in [0.1, 0.15) is 18.4 Å². The molecule has 2 aliphatic heterocycles. The van der Waals surface area contributed by atoms with Gasteiger partial charge in [-0.2, -0.15) is 0 Å². The van der Waals surface area contributed by atoms with Crippen LogP contribution in [0.25, 0.3) is 0 Å². The van der Waals surface area contributed by atoms with E-state index in [-0.39, 0.29) is 19.4 Å². The van der Waals surface area contributed by atoms with Crippen molar-refractivity contribution in [2.75, 3.05) is 30.2 Å². The number of benzene rings is 1. The fraction of sp³-hybridized carbons (Fsp3) is 0.412. The van der Waals surface area contributed by atoms with Crippen molar-refractivity contribution in [1.82, 2.24) is 9.97 Å². The summed E-state index contributed by atoms with van der Waals surface area (Å²) in [6.07, 6.45) is 3.63. The molecule has 2 N–H and O–H groups in total. The van der Waals surface area contributed by atoms with Crippen molar-refractivity contribution in [3.8, 4) is 11.5 Å². The molecule has 1 saturated heterocycles. The number of aliphatic hydroxyl groups is 1. The second-order valence-corrected chi connectivity index (χ2v) is 5.94. The highest BCUT2D eigenvalue weighted by atomic mass is 16.7. The first-order valence-electron chi connectivity index (χ1n) is 8.16. The minimum absolute atomic E-state index is 0.149. The van der Waals surface area contributed by atoms with E-state index in [0.717, 1.165) is 48.1 Å². The van der Waals surface area contributed by atoms with Gasteiger partial charge in [-0.15, -0.1) is 0 Å². The van der Waals surface area contributed by atoms with Crippen LogP contribution < -0.4 is 19.7 Å². The lowest BCUT2D eigenvalue weighted by atomic mass is 10.2. The Morgan fingerprint density at radius 3 is 3.17 bits per heavy atom. The molecular formula is C17H20N4O3. The summed E-state index contributed by atoms with van der Waals surface area (Å²) < 4.78 is 10.9. The topological polar surface area (TPSA) is 79.7 Å². The minimum Gasteiger partial charge on any atom is -0.454 e. The van der Waals surface area contributed by atoms with Gasteiger partial charge in [0.2, 0.25) is 6.79 Å². The van der Waals surface area contributed by atoms with Crippen LogP contribution in [0.3, 0.4) is 0 Å². The molecule has 1 fully saturated rings. The number of aliphatic hydroxyl groups excluding tert-OH is 1. The van der Waals surface area contributed by atoms with Crippen molar-refractivity contribution in [2.45, 2.75) is 25.4 Å². The number of nitrogens with zero attached hydrogens (tertiary/aromatic N) is 3. The van der Waals surface area contributed by atoms with Crippen molar-refractivity contribution in [1.29, 1.82) is 0 Å². The lowest BCUT2D eigenvalue weighted by Gasteiger charge is -2.24. The van der Waals surface area contributed by atoms with E-state index in [1.807, 2.05) is 24.3 Å². The number of rotatable bonds is 5. The minimum atomic E-state index is 0.149. The molecule has 24 heavy (non-hydrogen) atoms. The molecule has 0 bridgehead atoms. The average Bonchev–Trinajstić information content (AvgIpc) is 3.29. The number of anilines is 2. The number of ether oxygens (including phenoxy) is 2. The number of fused-ring (bicyclic) bond motifs is 1. The smallest absolute Gasteiger partial charge is 0.231 e. The molecule has 1 atom stereocenters. The fourth-order valence-corrected chi connectivity index (χ4v) is 3.24. The van der Waals surface area contributed by atoms with E-state index in [9.17, 15) is 5.11 Å². The van der Waals surface area contributed by atoms with Gasteiger partial charge >= 0.3 is 0 Å². The van der Waals surface area contributed by atoms with E-state index in [4.69, 9.17) is 9.47 Å². The summed E-state index contributed by atoms with van der Waals surface area (Å²) in [7, 11) is 0. The fourth-order valence-electron chi connectivity index (χ4n) is 3.24. The van der Waals surface area contributed by atoms with Crippen LogP contribution in [0.15, 0.2) is 30.6 Å². The first-order chi connectivity index (χ1) is 11.8. The van der Waals surface area contributed by atoms with Crippen LogP contribution in [-0.2, 0) is 6.54 Å². The zero-order chi connectivity index (χ0) is 16.4. The zero-order valence-electron chi connectivity index (χ0n) is 13.3. The molecule has 126 valence electrons. The molecule has 0 amide bonds. The van der Waals surface area contributed by atoms with Gasteiger partial charge in [0.25, 0.3) is 0 Å². The summed E-state index contributed by atoms with van der Waals surface area (Å²) in [4.78, 5) is 10.8. The summed E-state index contributed by atoms with van der Waals surface area (Å²) in [5.41, 5.74) is 1.03. The van der Waals surface area contributed by atoms with E-state index in [0.29, 0.717) is 6.54 Å². The predicted molar refractivity (Wildman–Crippen MR) is 89.4 cm³/mol. The van der Waals surface area contributed by atoms with Crippen molar-refractivity contribution in [3.63, 3.8) is 0 Å². The SMILES string of the molecule is OCC1CCCN1c1cc(NCc2cccc3c2OCO3)ncn1. The van der Waals surface area contributed by atoms with Crippen LogP contribution in [-0.4, -0.2) is 41.1 Å². The van der Waals surface area contributed by atoms with Gasteiger partial charge in [-0.05, 0) is 18.9 Å². The quantitative estimate of drug-likeness (QED) is 0.866. The molecule has 0 saturated carbocycles. The van der Waals surface area contributed by atoms with E-state index in [2.05, 4.69) is 20.2 Å². The lowest BCUT2D eigenvalue weighted by Crippen LogP contribution is -2.32. The van der Waals surface area contributed by atoms with Crippen LogP contribution in [0.2, 0.25) is 0 Å². The van der Waals surface area contributed by atoms with Crippen molar-refractivity contribution < 1.29 is 14.6 Å². The lowest BCUT2D eigenvalue weighted by molar-refractivity contribution is 0.173. The first-order valence-corrected chi connectivity index (χ1v) is 8.16. The van der Waals surface area contributed by atoms with Gasteiger partial charge in [-0.3, -0.25) is 0 Å². The second-order valence-electron chi connectivity index (χ2n) is 5.94. The zero-order valence-corrected chi connectivity index (χ0v) is 13.3. The Morgan fingerprint density at radius 1 is 1.29 bits per heavy atom. The molecule has 2 aromatic rings. The van der Waals surface area contributed by atoms with Crippen molar-refractivity contribution in [3.05, 3.63) is 36.2 Å².